The molecule has 2 aromatic rings. The minimum Gasteiger partial charge on any atom is -0.481 e. The largest absolute Gasteiger partial charge is 0.481 e. The Hall–Kier alpha value is -3.46. The number of amides is 1. The van der Waals surface area contributed by atoms with Gasteiger partial charge in [0.1, 0.15) is 5.82 Å². The summed E-state index contributed by atoms with van der Waals surface area (Å²) in [6, 6.07) is 6.30. The summed E-state index contributed by atoms with van der Waals surface area (Å²) in [4.78, 5) is 34.5. The van der Waals surface area contributed by atoms with Crippen LogP contribution in [0.3, 0.4) is 0 Å². The maximum atomic E-state index is 13.3. The van der Waals surface area contributed by atoms with Gasteiger partial charge >= 0.3 is 11.9 Å². The van der Waals surface area contributed by atoms with E-state index in [1.165, 1.54) is 12.1 Å². The standard InChI is InChI=1S/C15H13FN2O.C4H6O5/c1-8-5-9(2)17-14(8)7-12-11-6-10(16)3-4-13(11)18-15(12)19;5-2(4(8)9)1-3(6)7/h3-7,17H,1-2H3,(H,18,19);2,5H,1H2,(H,6,7)(H,8,9)/t;2-/m.0/s1. The highest BCUT2D eigenvalue weighted by atomic mass is 19.1. The average Bonchev–Trinajstić information content (AvgIpc) is 3.06. The summed E-state index contributed by atoms with van der Waals surface area (Å²) in [5.41, 5.74) is 4.71. The number of aliphatic carboxylic acids is 2. The molecule has 28 heavy (non-hydrogen) atoms. The molecule has 0 aliphatic carbocycles. The zero-order chi connectivity index (χ0) is 21.0. The first-order chi connectivity index (χ1) is 13.1. The SMILES string of the molecule is Cc1cc(C)c(C=C2C(=O)Nc3ccc(F)cc32)[nH]1.O=C(O)C[C@H](O)C(=O)O. The lowest BCUT2D eigenvalue weighted by atomic mass is 10.1. The highest BCUT2D eigenvalue weighted by Gasteiger charge is 2.24. The maximum Gasteiger partial charge on any atom is 0.333 e. The second-order valence-corrected chi connectivity index (χ2v) is 6.20. The summed E-state index contributed by atoms with van der Waals surface area (Å²) in [5.74, 6) is -3.39. The number of H-pyrrole nitrogens is 1. The molecule has 148 valence electrons. The fraction of sp³-hybridized carbons (Fsp3) is 0.211. The minimum absolute atomic E-state index is 0.202. The third-order valence-corrected chi connectivity index (χ3v) is 3.90. The fourth-order valence-electron chi connectivity index (χ4n) is 2.60. The average molecular weight is 390 g/mol. The molecule has 0 saturated heterocycles. The van der Waals surface area contributed by atoms with Crippen LogP contribution in [0, 0.1) is 19.7 Å². The summed E-state index contributed by atoms with van der Waals surface area (Å²) < 4.78 is 13.3. The van der Waals surface area contributed by atoms with Gasteiger partial charge in [-0.3, -0.25) is 9.59 Å². The van der Waals surface area contributed by atoms with Crippen LogP contribution in [0.25, 0.3) is 11.6 Å². The maximum absolute atomic E-state index is 13.3. The number of rotatable bonds is 4. The summed E-state index contributed by atoms with van der Waals surface area (Å²) in [5, 5.41) is 26.9. The van der Waals surface area contributed by atoms with Crippen LogP contribution in [0.5, 0.6) is 0 Å². The minimum atomic E-state index is -1.79. The topological polar surface area (TPSA) is 140 Å². The Morgan fingerprint density at radius 2 is 1.89 bits per heavy atom. The van der Waals surface area contributed by atoms with Gasteiger partial charge in [-0.2, -0.15) is 0 Å². The third kappa shape index (κ3) is 5.04. The van der Waals surface area contributed by atoms with Gasteiger partial charge in [0.15, 0.2) is 6.10 Å². The predicted octanol–water partition coefficient (Wildman–Crippen LogP) is 2.17. The van der Waals surface area contributed by atoms with E-state index in [2.05, 4.69) is 10.3 Å². The third-order valence-electron chi connectivity index (χ3n) is 3.90. The van der Waals surface area contributed by atoms with Crippen molar-refractivity contribution in [3.05, 3.63) is 52.6 Å². The zero-order valence-electron chi connectivity index (χ0n) is 15.1. The smallest absolute Gasteiger partial charge is 0.333 e. The molecule has 1 amide bonds. The van der Waals surface area contributed by atoms with Crippen molar-refractivity contribution in [2.24, 2.45) is 0 Å². The lowest BCUT2D eigenvalue weighted by Gasteiger charge is -1.98. The Labute approximate surface area is 159 Å². The molecule has 2 heterocycles. The van der Waals surface area contributed by atoms with E-state index < -0.39 is 24.5 Å². The molecule has 0 radical (unpaired) electrons. The number of benzene rings is 1. The molecular formula is C19H19FN2O6. The Balaban J connectivity index is 0.000000266. The number of nitrogens with one attached hydrogen (secondary N) is 2. The first-order valence-electron chi connectivity index (χ1n) is 8.20. The van der Waals surface area contributed by atoms with Gasteiger partial charge in [0.2, 0.25) is 0 Å². The summed E-state index contributed by atoms with van der Waals surface area (Å²) >= 11 is 0. The van der Waals surface area contributed by atoms with E-state index in [1.54, 1.807) is 12.1 Å². The number of halogens is 1. The van der Waals surface area contributed by atoms with Crippen LogP contribution in [-0.4, -0.2) is 44.3 Å². The first kappa shape index (κ1) is 20.8. The van der Waals surface area contributed by atoms with Gasteiger partial charge in [0.05, 0.1) is 12.0 Å². The Morgan fingerprint density at radius 1 is 1.21 bits per heavy atom. The van der Waals surface area contributed by atoms with Gasteiger partial charge < -0.3 is 25.6 Å². The summed E-state index contributed by atoms with van der Waals surface area (Å²) in [6.07, 6.45) is -0.777. The lowest BCUT2D eigenvalue weighted by molar-refractivity contribution is -0.152. The number of carboxylic acids is 2. The van der Waals surface area contributed by atoms with Crippen molar-refractivity contribution in [1.82, 2.24) is 4.98 Å². The monoisotopic (exact) mass is 390 g/mol. The molecule has 1 atom stereocenters. The van der Waals surface area contributed by atoms with Gasteiger partial charge in [0.25, 0.3) is 5.91 Å². The summed E-state index contributed by atoms with van der Waals surface area (Å²) in [6.45, 7) is 3.92. The molecule has 1 aromatic carbocycles. The van der Waals surface area contributed by atoms with Gasteiger partial charge in [-0.05, 0) is 49.8 Å². The van der Waals surface area contributed by atoms with E-state index in [9.17, 15) is 18.8 Å². The highest BCUT2D eigenvalue weighted by molar-refractivity contribution is 6.34. The van der Waals surface area contributed by atoms with Gasteiger partial charge in [-0.1, -0.05) is 0 Å². The van der Waals surface area contributed by atoms with E-state index in [1.807, 2.05) is 19.9 Å². The van der Waals surface area contributed by atoms with Gasteiger partial charge in [-0.25, -0.2) is 9.18 Å². The van der Waals surface area contributed by atoms with Crippen LogP contribution in [0.1, 0.15) is 28.9 Å². The molecule has 9 heteroatoms. The van der Waals surface area contributed by atoms with Crippen LogP contribution in [0.15, 0.2) is 24.3 Å². The molecule has 1 aromatic heterocycles. The number of fused-ring (bicyclic) bond motifs is 1. The molecule has 0 bridgehead atoms. The molecule has 0 unspecified atom stereocenters. The van der Waals surface area contributed by atoms with Crippen LogP contribution in [0.2, 0.25) is 0 Å². The Bertz CT molecular complexity index is 963. The number of hydrogen-bond donors (Lipinski definition) is 5. The highest BCUT2D eigenvalue weighted by Crippen LogP contribution is 2.33. The van der Waals surface area contributed by atoms with Crippen LogP contribution in [-0.2, 0) is 14.4 Å². The van der Waals surface area contributed by atoms with Crippen LogP contribution >= 0.6 is 0 Å². The van der Waals surface area contributed by atoms with E-state index in [4.69, 9.17) is 15.3 Å². The normalized spacial score (nSPS) is 14.7. The quantitative estimate of drug-likeness (QED) is 0.507. The Morgan fingerprint density at radius 3 is 2.39 bits per heavy atom. The number of aliphatic hydroxyl groups is 1. The number of hydrogen-bond acceptors (Lipinski definition) is 4. The van der Waals surface area contributed by atoms with E-state index >= 15 is 0 Å². The fourth-order valence-corrected chi connectivity index (χ4v) is 2.60. The molecule has 8 nitrogen and oxygen atoms in total. The number of aliphatic hydroxyl groups excluding tert-OH is 1. The second kappa shape index (κ2) is 8.49. The zero-order valence-corrected chi connectivity index (χ0v) is 15.1. The Kier molecular flexibility index (Phi) is 6.32. The van der Waals surface area contributed by atoms with E-state index in [0.29, 0.717) is 16.8 Å². The molecule has 1 aliphatic heterocycles. The van der Waals surface area contributed by atoms with Gasteiger partial charge in [-0.15, -0.1) is 0 Å². The molecule has 0 saturated carbocycles. The van der Waals surface area contributed by atoms with Crippen molar-refractivity contribution in [3.63, 3.8) is 0 Å². The molecular weight excluding hydrogens is 371 g/mol. The number of carboxylic acid groups (broad SMARTS) is 2. The van der Waals surface area contributed by atoms with E-state index in [-0.39, 0.29) is 11.7 Å². The number of aryl methyl sites for hydroxylation is 2. The predicted molar refractivity (Wildman–Crippen MR) is 99.1 cm³/mol. The van der Waals surface area contributed by atoms with Crippen LogP contribution in [0.4, 0.5) is 10.1 Å². The number of aromatic amines is 1. The van der Waals surface area contributed by atoms with Crippen molar-refractivity contribution in [2.75, 3.05) is 5.32 Å². The number of carbonyl (C=O) groups excluding carboxylic acids is 1. The molecule has 1 aliphatic rings. The van der Waals surface area contributed by atoms with E-state index in [0.717, 1.165) is 17.0 Å². The van der Waals surface area contributed by atoms with Crippen molar-refractivity contribution < 1.29 is 34.1 Å². The van der Waals surface area contributed by atoms with Crippen molar-refractivity contribution in [1.29, 1.82) is 0 Å². The number of anilines is 1. The second-order valence-electron chi connectivity index (χ2n) is 6.20. The lowest BCUT2D eigenvalue weighted by Crippen LogP contribution is -2.22. The van der Waals surface area contributed by atoms with Crippen molar-refractivity contribution in [2.45, 2.75) is 26.4 Å². The molecule has 0 spiro atoms. The molecule has 5 N–H and O–H groups in total. The van der Waals surface area contributed by atoms with Crippen molar-refractivity contribution in [3.8, 4) is 0 Å². The van der Waals surface area contributed by atoms with Crippen molar-refractivity contribution >= 4 is 35.2 Å². The summed E-state index contributed by atoms with van der Waals surface area (Å²) in [7, 11) is 0. The molecule has 3 rings (SSSR count). The number of aromatic nitrogens is 1. The first-order valence-corrected chi connectivity index (χ1v) is 8.20. The van der Waals surface area contributed by atoms with Gasteiger partial charge in [0, 0.05) is 22.6 Å². The van der Waals surface area contributed by atoms with Crippen LogP contribution < -0.4 is 5.32 Å². The number of carbonyl (C=O) groups is 3. The molecule has 0 fully saturated rings.